The minimum atomic E-state index is -4.62. The molecular weight excluding hydrogens is 468 g/mol. The lowest BCUT2D eigenvalue weighted by molar-refractivity contribution is -0.140. The Balaban J connectivity index is 1.90. The number of hydrogen-bond donors (Lipinski definition) is 2. The molecule has 0 bridgehead atoms. The fraction of sp³-hybridized carbons (Fsp3) is 0.130. The molecule has 4 aromatic heterocycles. The van der Waals surface area contributed by atoms with Crippen molar-refractivity contribution in [2.24, 2.45) is 0 Å². The summed E-state index contributed by atoms with van der Waals surface area (Å²) >= 11 is 0.826. The lowest BCUT2D eigenvalue weighted by atomic mass is 9.98. The van der Waals surface area contributed by atoms with Crippen molar-refractivity contribution in [2.45, 2.75) is 13.1 Å². The van der Waals surface area contributed by atoms with Gasteiger partial charge in [-0.15, -0.1) is 11.3 Å². The first-order valence-electron chi connectivity index (χ1n) is 10.1. The zero-order chi connectivity index (χ0) is 24.0. The summed E-state index contributed by atoms with van der Waals surface area (Å²) in [6.45, 7) is 2.40. The highest BCUT2D eigenvalue weighted by atomic mass is 32.1. The number of fused-ring (bicyclic) bond motifs is 3. The summed E-state index contributed by atoms with van der Waals surface area (Å²) in [6, 6.07) is 6.22. The molecule has 2 N–H and O–H groups in total. The first-order valence-corrected chi connectivity index (χ1v) is 10.9. The number of alkyl halides is 3. The number of aromatic amines is 1. The summed E-state index contributed by atoms with van der Waals surface area (Å²) in [6.07, 6.45) is -0.258. The second kappa shape index (κ2) is 8.07. The lowest BCUT2D eigenvalue weighted by Crippen LogP contribution is -2.05. The third kappa shape index (κ3) is 3.62. The molecule has 170 valence electrons. The van der Waals surface area contributed by atoms with Gasteiger partial charge in [-0.25, -0.2) is 14.4 Å². The molecule has 0 aliphatic rings. The van der Waals surface area contributed by atoms with Crippen molar-refractivity contribution < 1.29 is 17.6 Å². The van der Waals surface area contributed by atoms with Crippen molar-refractivity contribution in [3.05, 3.63) is 59.2 Å². The van der Waals surface area contributed by atoms with Crippen LogP contribution in [0.4, 0.5) is 23.2 Å². The highest BCUT2D eigenvalue weighted by Crippen LogP contribution is 2.44. The van der Waals surface area contributed by atoms with Crippen LogP contribution >= 0.6 is 11.3 Å². The van der Waals surface area contributed by atoms with E-state index in [1.807, 2.05) is 13.0 Å². The van der Waals surface area contributed by atoms with Crippen LogP contribution < -0.4 is 5.32 Å². The average molecular weight is 482 g/mol. The van der Waals surface area contributed by atoms with Gasteiger partial charge in [0.25, 0.3) is 0 Å². The van der Waals surface area contributed by atoms with Crippen LogP contribution in [-0.2, 0) is 6.18 Å². The molecule has 0 saturated heterocycles. The first kappa shape index (κ1) is 21.8. The van der Waals surface area contributed by atoms with Crippen LogP contribution in [0.15, 0.2) is 42.2 Å². The van der Waals surface area contributed by atoms with Gasteiger partial charge in [0.2, 0.25) is 0 Å². The van der Waals surface area contributed by atoms with E-state index >= 15 is 0 Å². The Morgan fingerprint density at radius 3 is 2.71 bits per heavy atom. The van der Waals surface area contributed by atoms with E-state index in [2.05, 4.69) is 25.3 Å². The summed E-state index contributed by atoms with van der Waals surface area (Å²) in [5.74, 6) is -0.510. The molecule has 0 aliphatic carbocycles. The highest BCUT2D eigenvalue weighted by Gasteiger charge is 2.34. The van der Waals surface area contributed by atoms with E-state index in [1.54, 1.807) is 6.07 Å². The van der Waals surface area contributed by atoms with E-state index in [9.17, 15) is 22.8 Å². The van der Waals surface area contributed by atoms with Gasteiger partial charge in [-0.3, -0.25) is 4.98 Å². The predicted molar refractivity (Wildman–Crippen MR) is 122 cm³/mol. The minimum absolute atomic E-state index is 0.0900. The molecule has 0 aliphatic heterocycles. The van der Waals surface area contributed by atoms with Gasteiger partial charge in [-0.2, -0.15) is 18.4 Å². The number of anilines is 1. The number of aromatic nitrogens is 4. The molecule has 0 amide bonds. The largest absolute Gasteiger partial charge is 0.434 e. The van der Waals surface area contributed by atoms with Gasteiger partial charge in [-0.05, 0) is 25.1 Å². The summed E-state index contributed by atoms with van der Waals surface area (Å²) in [4.78, 5) is 15.5. The number of thiazole rings is 1. The summed E-state index contributed by atoms with van der Waals surface area (Å²) in [5, 5.41) is 14.3. The molecule has 6 nitrogen and oxygen atoms in total. The van der Waals surface area contributed by atoms with E-state index in [0.29, 0.717) is 50.9 Å². The maximum atomic E-state index is 14.6. The van der Waals surface area contributed by atoms with Gasteiger partial charge in [0, 0.05) is 58.0 Å². The maximum Gasteiger partial charge on any atom is 0.434 e. The SMILES string of the molecule is CCNc1cc(F)cc2c1[nH]c1ncc(-c3cncc(C#N)c3)c(-c3nc(C(F)(F)F)cs3)c12. The number of pyridine rings is 2. The quantitative estimate of drug-likeness (QED) is 0.291. The zero-order valence-electron chi connectivity index (χ0n) is 17.5. The fourth-order valence-corrected chi connectivity index (χ4v) is 4.75. The molecule has 0 atom stereocenters. The summed E-state index contributed by atoms with van der Waals surface area (Å²) < 4.78 is 54.6. The number of rotatable bonds is 4. The Hall–Kier alpha value is -4.04. The molecule has 11 heteroatoms. The third-order valence-corrected chi connectivity index (χ3v) is 6.11. The van der Waals surface area contributed by atoms with Gasteiger partial charge in [0.15, 0.2) is 5.69 Å². The molecule has 0 saturated carbocycles. The van der Waals surface area contributed by atoms with E-state index in [-0.39, 0.29) is 10.6 Å². The number of benzene rings is 1. The number of halogens is 4. The van der Waals surface area contributed by atoms with Crippen LogP contribution in [-0.4, -0.2) is 26.5 Å². The average Bonchev–Trinajstić information content (AvgIpc) is 3.44. The topological polar surface area (TPSA) is 90.3 Å². The standard InChI is InChI=1S/C23H14F4N6S/c1-2-30-16-5-13(24)4-14-18-19(22-32-17(10-34-22)23(25,26)27)15(9-31-21(18)33-20(14)16)12-3-11(6-28)7-29-8-12/h3-5,7-10,30H,2H2,1H3,(H,31,33). The number of H-pyrrole nitrogens is 1. The van der Waals surface area contributed by atoms with Crippen molar-refractivity contribution >= 4 is 39.0 Å². The summed E-state index contributed by atoms with van der Waals surface area (Å²) in [5.41, 5.74) is 1.95. The molecule has 4 heterocycles. The van der Waals surface area contributed by atoms with Crippen molar-refractivity contribution in [1.29, 1.82) is 5.26 Å². The Morgan fingerprint density at radius 1 is 1.18 bits per heavy atom. The molecule has 1 aromatic carbocycles. The van der Waals surface area contributed by atoms with E-state index in [4.69, 9.17) is 0 Å². The van der Waals surface area contributed by atoms with Crippen LogP contribution in [0, 0.1) is 17.1 Å². The van der Waals surface area contributed by atoms with Crippen LogP contribution in [0.5, 0.6) is 0 Å². The van der Waals surface area contributed by atoms with E-state index in [1.165, 1.54) is 30.7 Å². The molecule has 0 spiro atoms. The maximum absolute atomic E-state index is 14.6. The number of nitrogens with one attached hydrogen (secondary N) is 2. The van der Waals surface area contributed by atoms with Crippen molar-refractivity contribution in [3.63, 3.8) is 0 Å². The van der Waals surface area contributed by atoms with Crippen molar-refractivity contribution in [1.82, 2.24) is 19.9 Å². The number of nitrogens with zero attached hydrogens (tertiary/aromatic N) is 4. The minimum Gasteiger partial charge on any atom is -0.384 e. The smallest absolute Gasteiger partial charge is 0.384 e. The molecule has 0 radical (unpaired) electrons. The van der Waals surface area contributed by atoms with Crippen LogP contribution in [0.2, 0.25) is 0 Å². The molecule has 0 unspecified atom stereocenters. The third-order valence-electron chi connectivity index (χ3n) is 5.25. The number of hydrogen-bond acceptors (Lipinski definition) is 6. The monoisotopic (exact) mass is 482 g/mol. The van der Waals surface area contributed by atoms with Gasteiger partial charge < -0.3 is 10.3 Å². The molecule has 0 fully saturated rings. The predicted octanol–water partition coefficient (Wildman–Crippen LogP) is 6.36. The Bertz CT molecular complexity index is 1600. The molecule has 34 heavy (non-hydrogen) atoms. The summed E-state index contributed by atoms with van der Waals surface area (Å²) in [7, 11) is 0. The Labute approximate surface area is 193 Å². The number of nitriles is 1. The zero-order valence-corrected chi connectivity index (χ0v) is 18.3. The molecule has 5 aromatic rings. The lowest BCUT2D eigenvalue weighted by Gasteiger charge is -2.10. The fourth-order valence-electron chi connectivity index (χ4n) is 3.86. The van der Waals surface area contributed by atoms with Crippen molar-refractivity contribution in [3.8, 4) is 27.8 Å². The Kier molecular flexibility index (Phi) is 5.17. The van der Waals surface area contributed by atoms with Crippen LogP contribution in [0.1, 0.15) is 18.2 Å². The second-order valence-electron chi connectivity index (χ2n) is 7.41. The van der Waals surface area contributed by atoms with Gasteiger partial charge in [0.05, 0.1) is 16.8 Å². The van der Waals surface area contributed by atoms with Crippen molar-refractivity contribution in [2.75, 3.05) is 11.9 Å². The van der Waals surface area contributed by atoms with Crippen LogP contribution in [0.3, 0.4) is 0 Å². The normalized spacial score (nSPS) is 11.8. The van der Waals surface area contributed by atoms with Gasteiger partial charge >= 0.3 is 6.18 Å². The van der Waals surface area contributed by atoms with Gasteiger partial charge in [0.1, 0.15) is 22.5 Å². The highest BCUT2D eigenvalue weighted by molar-refractivity contribution is 7.13. The first-order chi connectivity index (χ1) is 16.3. The van der Waals surface area contributed by atoms with Crippen LogP contribution in [0.25, 0.3) is 43.6 Å². The second-order valence-corrected chi connectivity index (χ2v) is 8.27. The molecular formula is C23H14F4N6S. The molecule has 5 rings (SSSR count). The van der Waals surface area contributed by atoms with Gasteiger partial charge in [-0.1, -0.05) is 0 Å². The Morgan fingerprint density at radius 2 is 2.00 bits per heavy atom. The van der Waals surface area contributed by atoms with E-state index < -0.39 is 17.7 Å². The van der Waals surface area contributed by atoms with E-state index in [0.717, 1.165) is 16.7 Å².